The molecule has 24 heavy (non-hydrogen) atoms. The molecule has 2 atom stereocenters. The lowest BCUT2D eigenvalue weighted by Gasteiger charge is -2.29. The van der Waals surface area contributed by atoms with Crippen molar-refractivity contribution in [2.75, 3.05) is 20.8 Å². The Balaban J connectivity index is 2.05. The van der Waals surface area contributed by atoms with E-state index in [-0.39, 0.29) is 34.8 Å². The van der Waals surface area contributed by atoms with Gasteiger partial charge in [-0.05, 0) is 30.9 Å². The molecule has 1 fully saturated rings. The number of hydrogen-bond acceptors (Lipinski definition) is 5. The molecule has 1 aromatic carbocycles. The van der Waals surface area contributed by atoms with E-state index in [1.807, 2.05) is 0 Å². The van der Waals surface area contributed by atoms with Crippen LogP contribution in [0.25, 0.3) is 0 Å². The number of ether oxygens (including phenoxy) is 2. The average molecular weight is 333 g/mol. The highest BCUT2D eigenvalue weighted by Crippen LogP contribution is 2.30. The van der Waals surface area contributed by atoms with Crippen molar-refractivity contribution >= 4 is 17.8 Å². The van der Waals surface area contributed by atoms with Gasteiger partial charge in [-0.1, -0.05) is 25.0 Å². The fourth-order valence-electron chi connectivity index (χ4n) is 3.20. The predicted octanol–water partition coefficient (Wildman–Crippen LogP) is 2.18. The minimum atomic E-state index is -0.550. The molecule has 0 aliphatic heterocycles. The van der Waals surface area contributed by atoms with Gasteiger partial charge < -0.3 is 14.8 Å². The maximum Gasteiger partial charge on any atom is 0.338 e. The summed E-state index contributed by atoms with van der Waals surface area (Å²) in [5.41, 5.74) is 0.500. The lowest BCUT2D eigenvalue weighted by molar-refractivity contribution is -0.148. The molecule has 1 aliphatic carbocycles. The second kappa shape index (κ2) is 8.47. The number of nitrogens with one attached hydrogen (secondary N) is 1. The quantitative estimate of drug-likeness (QED) is 0.835. The maximum atomic E-state index is 12.4. The monoisotopic (exact) mass is 333 g/mol. The smallest absolute Gasteiger partial charge is 0.338 e. The maximum absolute atomic E-state index is 12.4. The van der Waals surface area contributed by atoms with Crippen molar-refractivity contribution in [3.05, 3.63) is 35.4 Å². The first-order valence-electron chi connectivity index (χ1n) is 8.11. The fraction of sp³-hybridized carbons (Fsp3) is 0.500. The fourth-order valence-corrected chi connectivity index (χ4v) is 3.20. The van der Waals surface area contributed by atoms with Gasteiger partial charge in [0.05, 0.1) is 31.3 Å². The summed E-state index contributed by atoms with van der Waals surface area (Å²) in [5.74, 6) is -1.24. The first-order chi connectivity index (χ1) is 11.6. The van der Waals surface area contributed by atoms with E-state index in [0.717, 1.165) is 25.7 Å². The van der Waals surface area contributed by atoms with Crippen LogP contribution in [0.3, 0.4) is 0 Å². The molecule has 1 aliphatic rings. The summed E-state index contributed by atoms with van der Waals surface area (Å²) in [6, 6.07) is 6.51. The zero-order chi connectivity index (χ0) is 17.5. The molecule has 0 aromatic heterocycles. The van der Waals surface area contributed by atoms with Crippen LogP contribution < -0.4 is 5.32 Å². The van der Waals surface area contributed by atoms with Gasteiger partial charge in [0, 0.05) is 6.54 Å². The molecule has 2 rings (SSSR count). The van der Waals surface area contributed by atoms with Crippen molar-refractivity contribution < 1.29 is 23.9 Å². The van der Waals surface area contributed by atoms with Crippen molar-refractivity contribution in [2.45, 2.75) is 25.7 Å². The van der Waals surface area contributed by atoms with Crippen LogP contribution >= 0.6 is 0 Å². The third kappa shape index (κ3) is 4.13. The molecule has 1 N–H and O–H groups in total. The van der Waals surface area contributed by atoms with Gasteiger partial charge >= 0.3 is 11.9 Å². The minimum absolute atomic E-state index is 0.0560. The largest absolute Gasteiger partial charge is 0.469 e. The molecule has 0 saturated heterocycles. The molecule has 1 amide bonds. The zero-order valence-electron chi connectivity index (χ0n) is 14.0. The SMILES string of the molecule is COC(=O)c1ccccc1C(=O)NCC1CCCCC1C(=O)OC. The van der Waals surface area contributed by atoms with Crippen molar-refractivity contribution in [3.63, 3.8) is 0 Å². The predicted molar refractivity (Wildman–Crippen MR) is 87.6 cm³/mol. The first-order valence-corrected chi connectivity index (χ1v) is 8.11. The summed E-state index contributed by atoms with van der Waals surface area (Å²) in [5, 5.41) is 2.84. The number of hydrogen-bond donors (Lipinski definition) is 1. The number of rotatable bonds is 5. The third-order valence-corrected chi connectivity index (χ3v) is 4.51. The standard InChI is InChI=1S/C18H23NO5/c1-23-17(21)13-8-4-3-7-12(13)11-19-16(20)14-9-5-6-10-15(14)18(22)24-2/h5-6,9-10,12-13H,3-4,7-8,11H2,1-2H3,(H,19,20). The third-order valence-electron chi connectivity index (χ3n) is 4.51. The van der Waals surface area contributed by atoms with Gasteiger partial charge in [0.15, 0.2) is 0 Å². The summed E-state index contributed by atoms with van der Waals surface area (Å²) in [4.78, 5) is 36.1. The molecular formula is C18H23NO5. The van der Waals surface area contributed by atoms with Crippen molar-refractivity contribution in [3.8, 4) is 0 Å². The second-order valence-corrected chi connectivity index (χ2v) is 5.92. The average Bonchev–Trinajstić information content (AvgIpc) is 2.65. The summed E-state index contributed by atoms with van der Waals surface area (Å²) in [6.45, 7) is 0.383. The van der Waals surface area contributed by atoms with E-state index in [9.17, 15) is 14.4 Å². The molecular weight excluding hydrogens is 310 g/mol. The Kier molecular flexibility index (Phi) is 6.35. The highest BCUT2D eigenvalue weighted by molar-refractivity contribution is 6.05. The van der Waals surface area contributed by atoms with Crippen LogP contribution in [0.1, 0.15) is 46.4 Å². The van der Waals surface area contributed by atoms with Gasteiger partial charge in [-0.25, -0.2) is 4.79 Å². The van der Waals surface area contributed by atoms with E-state index < -0.39 is 5.97 Å². The van der Waals surface area contributed by atoms with Crippen molar-refractivity contribution in [1.29, 1.82) is 0 Å². The molecule has 0 bridgehead atoms. The van der Waals surface area contributed by atoms with Crippen LogP contribution in [-0.2, 0) is 14.3 Å². The number of benzene rings is 1. The summed E-state index contributed by atoms with van der Waals surface area (Å²) in [7, 11) is 2.67. The van der Waals surface area contributed by atoms with E-state index >= 15 is 0 Å². The minimum Gasteiger partial charge on any atom is -0.469 e. The van der Waals surface area contributed by atoms with E-state index in [1.54, 1.807) is 24.3 Å². The van der Waals surface area contributed by atoms with Crippen LogP contribution in [0.15, 0.2) is 24.3 Å². The van der Waals surface area contributed by atoms with Crippen LogP contribution in [0.4, 0.5) is 0 Å². The van der Waals surface area contributed by atoms with Gasteiger partial charge in [0.25, 0.3) is 5.91 Å². The molecule has 0 radical (unpaired) electrons. The molecule has 1 saturated carbocycles. The van der Waals surface area contributed by atoms with Crippen LogP contribution in [0.2, 0.25) is 0 Å². The highest BCUT2D eigenvalue weighted by atomic mass is 16.5. The number of carbonyl (C=O) groups is 3. The second-order valence-electron chi connectivity index (χ2n) is 5.92. The Morgan fingerprint density at radius 2 is 1.71 bits per heavy atom. The highest BCUT2D eigenvalue weighted by Gasteiger charge is 2.32. The van der Waals surface area contributed by atoms with Gasteiger partial charge in [0.2, 0.25) is 0 Å². The molecule has 0 spiro atoms. The van der Waals surface area contributed by atoms with Gasteiger partial charge in [-0.3, -0.25) is 9.59 Å². The van der Waals surface area contributed by atoms with Gasteiger partial charge in [-0.2, -0.15) is 0 Å². The Morgan fingerprint density at radius 3 is 2.38 bits per heavy atom. The van der Waals surface area contributed by atoms with Crippen molar-refractivity contribution in [1.82, 2.24) is 5.32 Å². The first kappa shape index (κ1) is 18.0. The van der Waals surface area contributed by atoms with Crippen LogP contribution in [-0.4, -0.2) is 38.6 Å². The lowest BCUT2D eigenvalue weighted by Crippen LogP contribution is -2.38. The Labute approximate surface area is 141 Å². The number of amides is 1. The van der Waals surface area contributed by atoms with E-state index in [1.165, 1.54) is 14.2 Å². The van der Waals surface area contributed by atoms with Crippen LogP contribution in [0, 0.1) is 11.8 Å². The Hall–Kier alpha value is -2.37. The van der Waals surface area contributed by atoms with E-state index in [2.05, 4.69) is 5.32 Å². The van der Waals surface area contributed by atoms with Crippen molar-refractivity contribution in [2.24, 2.45) is 11.8 Å². The topological polar surface area (TPSA) is 81.7 Å². The van der Waals surface area contributed by atoms with Gasteiger partial charge in [-0.15, -0.1) is 0 Å². The molecule has 2 unspecified atom stereocenters. The summed E-state index contributed by atoms with van der Waals surface area (Å²) < 4.78 is 9.57. The zero-order valence-corrected chi connectivity index (χ0v) is 14.0. The van der Waals surface area contributed by atoms with Gasteiger partial charge in [0.1, 0.15) is 0 Å². The number of esters is 2. The lowest BCUT2D eigenvalue weighted by atomic mass is 9.79. The number of methoxy groups -OCH3 is 2. The summed E-state index contributed by atoms with van der Waals surface area (Å²) >= 11 is 0. The normalized spacial score (nSPS) is 20.1. The Morgan fingerprint density at radius 1 is 1.04 bits per heavy atom. The molecule has 6 nitrogen and oxygen atoms in total. The molecule has 1 aromatic rings. The number of carbonyl (C=O) groups excluding carboxylic acids is 3. The van der Waals surface area contributed by atoms with Crippen LogP contribution in [0.5, 0.6) is 0 Å². The molecule has 130 valence electrons. The Bertz CT molecular complexity index is 613. The molecule has 6 heteroatoms. The van der Waals surface area contributed by atoms with E-state index in [0.29, 0.717) is 6.54 Å². The summed E-state index contributed by atoms with van der Waals surface area (Å²) in [6.07, 6.45) is 3.69. The molecule has 0 heterocycles. The van der Waals surface area contributed by atoms with E-state index in [4.69, 9.17) is 9.47 Å².